The molecule has 1 aromatic heterocycles. The van der Waals surface area contributed by atoms with Crippen LogP contribution < -0.4 is 0 Å². The Balaban J connectivity index is 1.21. The van der Waals surface area contributed by atoms with Crippen LogP contribution >= 0.6 is 0 Å². The second-order valence-corrected chi connectivity index (χ2v) is 9.31. The number of aromatic amines is 1. The van der Waals surface area contributed by atoms with E-state index >= 15 is 0 Å². The molecule has 158 valence electrons. The van der Waals surface area contributed by atoms with Crippen LogP contribution in [0.1, 0.15) is 49.9 Å². The zero-order valence-corrected chi connectivity index (χ0v) is 16.9. The summed E-state index contributed by atoms with van der Waals surface area (Å²) in [6.45, 7) is 4.01. The highest BCUT2D eigenvalue weighted by molar-refractivity contribution is 5.78. The lowest BCUT2D eigenvalue weighted by Gasteiger charge is -2.57. The molecule has 4 nitrogen and oxygen atoms in total. The molecule has 4 fully saturated rings. The summed E-state index contributed by atoms with van der Waals surface area (Å²) in [5.41, 5.74) is 2.34. The van der Waals surface area contributed by atoms with Crippen LogP contribution in [-0.4, -0.2) is 57.4 Å². The molecule has 2 atom stereocenters. The fourth-order valence-corrected chi connectivity index (χ4v) is 5.64. The molecule has 0 spiro atoms. The summed E-state index contributed by atoms with van der Waals surface area (Å²) in [6.07, 6.45) is 5.36. The molecule has 3 saturated heterocycles. The van der Waals surface area contributed by atoms with Crippen LogP contribution in [0.25, 0.3) is 11.0 Å². The van der Waals surface area contributed by atoms with Gasteiger partial charge in [-0.2, -0.15) is 0 Å². The second-order valence-electron chi connectivity index (χ2n) is 9.31. The first kappa shape index (κ1) is 19.4. The van der Waals surface area contributed by atoms with Gasteiger partial charge in [-0.1, -0.05) is 19.3 Å². The molecule has 1 N–H and O–H groups in total. The summed E-state index contributed by atoms with van der Waals surface area (Å²) >= 11 is 0. The quantitative estimate of drug-likeness (QED) is 0.795. The third kappa shape index (κ3) is 3.67. The van der Waals surface area contributed by atoms with Gasteiger partial charge in [0.1, 0.15) is 11.6 Å². The van der Waals surface area contributed by atoms with Crippen LogP contribution in [-0.2, 0) is 6.54 Å². The molecule has 29 heavy (non-hydrogen) atoms. The number of fused-ring (bicyclic) bond motifs is 3. The van der Waals surface area contributed by atoms with Crippen LogP contribution in [0.4, 0.5) is 13.2 Å². The molecule has 4 aliphatic rings. The van der Waals surface area contributed by atoms with Gasteiger partial charge in [0.15, 0.2) is 0 Å². The monoisotopic (exact) mass is 406 g/mol. The van der Waals surface area contributed by atoms with Gasteiger partial charge < -0.3 is 4.98 Å². The molecule has 4 heterocycles. The van der Waals surface area contributed by atoms with Gasteiger partial charge in [-0.05, 0) is 43.9 Å². The van der Waals surface area contributed by atoms with Crippen LogP contribution in [0.3, 0.4) is 0 Å². The Hall–Kier alpha value is -1.60. The van der Waals surface area contributed by atoms with Crippen LogP contribution in [0.15, 0.2) is 12.1 Å². The number of nitrogens with one attached hydrogen (secondary N) is 1. The van der Waals surface area contributed by atoms with Crippen molar-refractivity contribution in [1.29, 1.82) is 0 Å². The van der Waals surface area contributed by atoms with E-state index in [2.05, 4.69) is 14.9 Å². The summed E-state index contributed by atoms with van der Waals surface area (Å²) < 4.78 is 43.2. The lowest BCUT2D eigenvalue weighted by atomic mass is 9.81. The highest BCUT2D eigenvalue weighted by Gasteiger charge is 2.50. The standard InChI is InChI=1S/C22H29F3N4/c1-14-7-16(23)8-19-21(14)27-20(26-19)12-28-10-17-9-18(11-28)29(17)13-22(24,25)15-5-3-2-4-6-15/h7-8,15,17-18H,2-6,9-13H2,1H3,(H,26,27). The molecule has 3 aliphatic heterocycles. The Kier molecular flexibility index (Phi) is 4.86. The number of halogens is 3. The SMILES string of the molecule is Cc1cc(F)cc2[nH]c(CN3CC4CC(C3)N4CC(F)(F)C3CCCCC3)nc12. The number of nitrogens with zero attached hydrogens (tertiary/aromatic N) is 3. The normalized spacial score (nSPS) is 26.8. The van der Waals surface area contributed by atoms with Crippen molar-refractivity contribution in [1.82, 2.24) is 19.8 Å². The maximum absolute atomic E-state index is 14.8. The van der Waals surface area contributed by atoms with Gasteiger partial charge >= 0.3 is 0 Å². The summed E-state index contributed by atoms with van der Waals surface area (Å²) in [5, 5.41) is 0. The highest BCUT2D eigenvalue weighted by Crippen LogP contribution is 2.41. The Bertz CT molecular complexity index is 878. The smallest absolute Gasteiger partial charge is 0.263 e. The van der Waals surface area contributed by atoms with E-state index in [0.717, 1.165) is 55.7 Å². The average Bonchev–Trinajstić information content (AvgIpc) is 3.09. The summed E-state index contributed by atoms with van der Waals surface area (Å²) in [5.74, 6) is -2.46. The van der Waals surface area contributed by atoms with Crippen molar-refractivity contribution in [2.75, 3.05) is 19.6 Å². The van der Waals surface area contributed by atoms with Gasteiger partial charge in [0.2, 0.25) is 0 Å². The van der Waals surface area contributed by atoms with E-state index < -0.39 is 11.8 Å². The molecule has 0 amide bonds. The van der Waals surface area contributed by atoms with Gasteiger partial charge in [0.05, 0.1) is 24.1 Å². The largest absolute Gasteiger partial charge is 0.341 e. The van der Waals surface area contributed by atoms with Crippen LogP contribution in [0.5, 0.6) is 0 Å². The van der Waals surface area contributed by atoms with Crippen molar-refractivity contribution >= 4 is 11.0 Å². The van der Waals surface area contributed by atoms with E-state index in [4.69, 9.17) is 0 Å². The van der Waals surface area contributed by atoms with Crippen LogP contribution in [0, 0.1) is 18.7 Å². The van der Waals surface area contributed by atoms with Gasteiger partial charge in [0, 0.05) is 31.1 Å². The molecule has 1 aromatic carbocycles. The molecular formula is C22H29F3N4. The van der Waals surface area contributed by atoms with E-state index in [1.165, 1.54) is 12.1 Å². The molecule has 7 heteroatoms. The number of hydrogen-bond donors (Lipinski definition) is 1. The molecule has 2 bridgehead atoms. The molecule has 0 radical (unpaired) electrons. The Morgan fingerprint density at radius 2 is 1.86 bits per heavy atom. The predicted molar refractivity (Wildman–Crippen MR) is 106 cm³/mol. The minimum absolute atomic E-state index is 0.0794. The lowest BCUT2D eigenvalue weighted by Crippen LogP contribution is -2.70. The third-order valence-corrected chi connectivity index (χ3v) is 7.18. The van der Waals surface area contributed by atoms with Crippen molar-refractivity contribution in [3.05, 3.63) is 29.3 Å². The van der Waals surface area contributed by atoms with Crippen molar-refractivity contribution < 1.29 is 13.2 Å². The number of aromatic nitrogens is 2. The highest BCUT2D eigenvalue weighted by atomic mass is 19.3. The molecule has 6 rings (SSSR count). The van der Waals surface area contributed by atoms with Crippen molar-refractivity contribution in [2.24, 2.45) is 5.92 Å². The van der Waals surface area contributed by atoms with Gasteiger partial charge in [-0.25, -0.2) is 18.2 Å². The van der Waals surface area contributed by atoms with Gasteiger partial charge in [0.25, 0.3) is 5.92 Å². The Labute approximate surface area is 169 Å². The fourth-order valence-electron chi connectivity index (χ4n) is 5.64. The maximum atomic E-state index is 14.8. The zero-order chi connectivity index (χ0) is 20.2. The van der Waals surface area contributed by atoms with Gasteiger partial charge in [-0.15, -0.1) is 0 Å². The number of benzene rings is 1. The number of alkyl halides is 2. The third-order valence-electron chi connectivity index (χ3n) is 7.18. The fraction of sp³-hybridized carbons (Fsp3) is 0.682. The number of piperazine rings is 1. The number of H-pyrrole nitrogens is 1. The van der Waals surface area contributed by atoms with Gasteiger partial charge in [-0.3, -0.25) is 9.80 Å². The molecule has 2 unspecified atom stereocenters. The van der Waals surface area contributed by atoms with Crippen molar-refractivity contribution in [3.63, 3.8) is 0 Å². The number of piperidine rings is 1. The van der Waals surface area contributed by atoms with E-state index in [-0.39, 0.29) is 24.4 Å². The summed E-state index contributed by atoms with van der Waals surface area (Å²) in [6, 6.07) is 3.40. The first-order valence-corrected chi connectivity index (χ1v) is 10.9. The minimum Gasteiger partial charge on any atom is -0.341 e. The Morgan fingerprint density at radius 3 is 2.59 bits per heavy atom. The summed E-state index contributed by atoms with van der Waals surface area (Å²) in [4.78, 5) is 12.2. The summed E-state index contributed by atoms with van der Waals surface area (Å²) in [7, 11) is 0. The average molecular weight is 406 g/mol. The minimum atomic E-state index is -2.57. The van der Waals surface area contributed by atoms with Crippen molar-refractivity contribution in [2.45, 2.75) is 70.0 Å². The zero-order valence-electron chi connectivity index (χ0n) is 16.9. The number of hydrogen-bond acceptors (Lipinski definition) is 3. The van der Waals surface area contributed by atoms with E-state index in [9.17, 15) is 13.2 Å². The maximum Gasteiger partial charge on any atom is 0.263 e. The predicted octanol–water partition coefficient (Wildman–Crippen LogP) is 4.48. The number of aryl methyl sites for hydroxylation is 1. The molecular weight excluding hydrogens is 377 g/mol. The molecule has 2 aromatic rings. The number of rotatable bonds is 5. The lowest BCUT2D eigenvalue weighted by molar-refractivity contribution is -0.154. The molecule has 1 aliphatic carbocycles. The number of imidazole rings is 1. The van der Waals surface area contributed by atoms with E-state index in [1.807, 2.05) is 11.8 Å². The van der Waals surface area contributed by atoms with Crippen molar-refractivity contribution in [3.8, 4) is 0 Å². The Morgan fingerprint density at radius 1 is 1.14 bits per heavy atom. The van der Waals surface area contributed by atoms with E-state index in [1.54, 1.807) is 0 Å². The molecule has 1 saturated carbocycles. The first-order valence-electron chi connectivity index (χ1n) is 10.9. The first-order chi connectivity index (χ1) is 13.9. The van der Waals surface area contributed by atoms with Crippen LogP contribution in [0.2, 0.25) is 0 Å². The van der Waals surface area contributed by atoms with E-state index in [0.29, 0.717) is 24.9 Å². The topological polar surface area (TPSA) is 35.2 Å². The second kappa shape index (κ2) is 7.27.